The van der Waals surface area contributed by atoms with E-state index in [2.05, 4.69) is 26.1 Å². The maximum absolute atomic E-state index is 14.1. The highest BCUT2D eigenvalue weighted by molar-refractivity contribution is 6.32. The van der Waals surface area contributed by atoms with E-state index in [4.69, 9.17) is 21.4 Å². The molecule has 1 N–H and O–H groups in total. The number of carbonyl (C=O) groups excluding carboxylic acids is 2. The molecule has 0 unspecified atom stereocenters. The number of anilines is 1. The number of benzene rings is 3. The molecular formula is C32H35ClN4O3. The smallest absolute Gasteiger partial charge is 0.245 e. The van der Waals surface area contributed by atoms with Gasteiger partial charge in [-0.15, -0.1) is 0 Å². The lowest BCUT2D eigenvalue weighted by Gasteiger charge is -2.27. The molecule has 7 nitrogen and oxygen atoms in total. The van der Waals surface area contributed by atoms with Crippen LogP contribution in [0.2, 0.25) is 5.02 Å². The van der Waals surface area contributed by atoms with Crippen LogP contribution in [0.4, 0.5) is 5.82 Å². The normalized spacial score (nSPS) is 11.4. The quantitative estimate of drug-likeness (QED) is 0.256. The van der Waals surface area contributed by atoms with Gasteiger partial charge in [-0.1, -0.05) is 105 Å². The SMILES string of the molecule is COCCN(CC(=O)Nc1cc(C(C)(C)C)nn1-c1ccccc1Cl)C(=O)C(c1ccccc1)c1ccccc1. The van der Waals surface area contributed by atoms with Crippen LogP contribution in [0.1, 0.15) is 43.5 Å². The van der Waals surface area contributed by atoms with E-state index < -0.39 is 5.92 Å². The molecule has 4 aromatic rings. The standard InChI is InChI=1S/C32H35ClN4O3/c1-32(2,3)27-21-28(37(35-27)26-18-12-11-17-25(26)33)34-29(38)22-36(19-20-40-4)31(39)30(23-13-7-5-8-14-23)24-15-9-6-10-16-24/h5-18,21,30H,19-20,22H2,1-4H3,(H,34,38). The fourth-order valence-electron chi connectivity index (χ4n) is 4.42. The minimum Gasteiger partial charge on any atom is -0.383 e. The predicted molar refractivity (Wildman–Crippen MR) is 159 cm³/mol. The van der Waals surface area contributed by atoms with Crippen molar-refractivity contribution in [3.8, 4) is 5.69 Å². The molecule has 0 saturated carbocycles. The third-order valence-electron chi connectivity index (χ3n) is 6.55. The topological polar surface area (TPSA) is 76.5 Å². The van der Waals surface area contributed by atoms with E-state index in [1.54, 1.807) is 22.8 Å². The van der Waals surface area contributed by atoms with Gasteiger partial charge in [0.2, 0.25) is 11.8 Å². The first kappa shape index (κ1) is 29.1. The Morgan fingerprint density at radius 1 is 0.950 bits per heavy atom. The molecule has 3 aromatic carbocycles. The van der Waals surface area contributed by atoms with Crippen LogP contribution in [-0.2, 0) is 19.7 Å². The number of hydrogen-bond acceptors (Lipinski definition) is 4. The van der Waals surface area contributed by atoms with Crippen LogP contribution in [0.25, 0.3) is 5.69 Å². The first-order valence-corrected chi connectivity index (χ1v) is 13.6. The molecule has 8 heteroatoms. The zero-order chi connectivity index (χ0) is 28.7. The number of aromatic nitrogens is 2. The third kappa shape index (κ3) is 6.97. The van der Waals surface area contributed by atoms with Crippen molar-refractivity contribution in [2.75, 3.05) is 32.1 Å². The van der Waals surface area contributed by atoms with Crippen molar-refractivity contribution in [2.24, 2.45) is 0 Å². The zero-order valence-electron chi connectivity index (χ0n) is 23.3. The van der Waals surface area contributed by atoms with Gasteiger partial charge >= 0.3 is 0 Å². The average Bonchev–Trinajstić information content (AvgIpc) is 3.36. The largest absolute Gasteiger partial charge is 0.383 e. The van der Waals surface area contributed by atoms with Crippen molar-refractivity contribution in [2.45, 2.75) is 32.1 Å². The molecule has 0 radical (unpaired) electrons. The van der Waals surface area contributed by atoms with Crippen LogP contribution in [0.5, 0.6) is 0 Å². The highest BCUT2D eigenvalue weighted by Gasteiger charge is 2.29. The molecule has 0 bridgehead atoms. The number of ether oxygens (including phenoxy) is 1. The first-order valence-electron chi connectivity index (χ1n) is 13.2. The summed E-state index contributed by atoms with van der Waals surface area (Å²) in [7, 11) is 1.57. The van der Waals surface area contributed by atoms with Gasteiger partial charge in [0.1, 0.15) is 12.4 Å². The van der Waals surface area contributed by atoms with Gasteiger partial charge in [0.25, 0.3) is 0 Å². The molecule has 1 aromatic heterocycles. The van der Waals surface area contributed by atoms with Gasteiger partial charge in [-0.25, -0.2) is 4.68 Å². The lowest BCUT2D eigenvalue weighted by Crippen LogP contribution is -2.42. The number of halogens is 1. The van der Waals surface area contributed by atoms with E-state index in [0.717, 1.165) is 16.8 Å². The second-order valence-corrected chi connectivity index (χ2v) is 11.0. The van der Waals surface area contributed by atoms with Crippen molar-refractivity contribution >= 4 is 29.2 Å². The molecule has 208 valence electrons. The maximum atomic E-state index is 14.1. The Bertz CT molecular complexity index is 1390. The monoisotopic (exact) mass is 558 g/mol. The molecule has 0 atom stereocenters. The summed E-state index contributed by atoms with van der Waals surface area (Å²) in [5.74, 6) is -0.615. The Balaban J connectivity index is 1.64. The van der Waals surface area contributed by atoms with Gasteiger partial charge in [-0.05, 0) is 23.3 Å². The van der Waals surface area contributed by atoms with Crippen molar-refractivity contribution in [1.29, 1.82) is 0 Å². The fourth-order valence-corrected chi connectivity index (χ4v) is 4.64. The van der Waals surface area contributed by atoms with Crippen molar-refractivity contribution in [3.63, 3.8) is 0 Å². The van der Waals surface area contributed by atoms with Crippen molar-refractivity contribution in [1.82, 2.24) is 14.7 Å². The molecule has 40 heavy (non-hydrogen) atoms. The molecule has 2 amide bonds. The highest BCUT2D eigenvalue weighted by Crippen LogP contribution is 2.30. The summed E-state index contributed by atoms with van der Waals surface area (Å²) in [6.45, 7) is 6.55. The van der Waals surface area contributed by atoms with Crippen LogP contribution < -0.4 is 5.32 Å². The van der Waals surface area contributed by atoms with E-state index in [1.165, 1.54) is 0 Å². The van der Waals surface area contributed by atoms with E-state index in [0.29, 0.717) is 23.1 Å². The van der Waals surface area contributed by atoms with Gasteiger partial charge in [-0.3, -0.25) is 9.59 Å². The predicted octanol–water partition coefficient (Wildman–Crippen LogP) is 6.07. The lowest BCUT2D eigenvalue weighted by atomic mass is 9.90. The van der Waals surface area contributed by atoms with Crippen LogP contribution in [0.3, 0.4) is 0 Å². The maximum Gasteiger partial charge on any atom is 0.245 e. The number of methoxy groups -OCH3 is 1. The molecule has 0 saturated heterocycles. The van der Waals surface area contributed by atoms with Gasteiger partial charge in [0.05, 0.1) is 28.9 Å². The molecule has 0 aliphatic carbocycles. The van der Waals surface area contributed by atoms with Crippen LogP contribution >= 0.6 is 11.6 Å². The Morgan fingerprint density at radius 3 is 2.08 bits per heavy atom. The second-order valence-electron chi connectivity index (χ2n) is 10.6. The Hall–Kier alpha value is -3.94. The Morgan fingerprint density at radius 2 is 1.52 bits per heavy atom. The van der Waals surface area contributed by atoms with Gasteiger partial charge in [0, 0.05) is 25.1 Å². The minimum atomic E-state index is -0.562. The molecule has 1 heterocycles. The first-order chi connectivity index (χ1) is 19.2. The number of amides is 2. The number of rotatable bonds is 10. The zero-order valence-corrected chi connectivity index (χ0v) is 24.1. The second kappa shape index (κ2) is 12.9. The van der Waals surface area contributed by atoms with Gasteiger partial charge in [-0.2, -0.15) is 5.10 Å². The van der Waals surface area contributed by atoms with Crippen molar-refractivity contribution < 1.29 is 14.3 Å². The number of nitrogens with one attached hydrogen (secondary N) is 1. The summed E-state index contributed by atoms with van der Waals surface area (Å²) in [6, 6.07) is 28.4. The number of carbonyl (C=O) groups is 2. The summed E-state index contributed by atoms with van der Waals surface area (Å²) in [5, 5.41) is 8.24. The molecule has 0 aliphatic rings. The van der Waals surface area contributed by atoms with E-state index >= 15 is 0 Å². The Labute approximate surface area is 240 Å². The summed E-state index contributed by atoms with van der Waals surface area (Å²) in [4.78, 5) is 29.1. The molecule has 4 rings (SSSR count). The Kier molecular flexibility index (Phi) is 9.40. The summed E-state index contributed by atoms with van der Waals surface area (Å²) >= 11 is 6.48. The number of hydrogen-bond donors (Lipinski definition) is 1. The molecule has 0 spiro atoms. The van der Waals surface area contributed by atoms with Crippen LogP contribution in [0, 0.1) is 0 Å². The number of nitrogens with zero attached hydrogens (tertiary/aromatic N) is 3. The van der Waals surface area contributed by atoms with E-state index in [-0.39, 0.29) is 30.3 Å². The molecule has 0 fully saturated rings. The van der Waals surface area contributed by atoms with Crippen molar-refractivity contribution in [3.05, 3.63) is 113 Å². The fraction of sp³-hybridized carbons (Fsp3) is 0.281. The summed E-state index contributed by atoms with van der Waals surface area (Å²) in [6.07, 6.45) is 0. The average molecular weight is 559 g/mol. The molecule has 0 aliphatic heterocycles. The third-order valence-corrected chi connectivity index (χ3v) is 6.87. The minimum absolute atomic E-state index is 0.156. The summed E-state index contributed by atoms with van der Waals surface area (Å²) in [5.41, 5.74) is 2.89. The van der Waals surface area contributed by atoms with Gasteiger partial charge in [0.15, 0.2) is 0 Å². The highest BCUT2D eigenvalue weighted by atomic mass is 35.5. The van der Waals surface area contributed by atoms with Gasteiger partial charge < -0.3 is 15.0 Å². The van der Waals surface area contributed by atoms with E-state index in [9.17, 15) is 9.59 Å². The van der Waals surface area contributed by atoms with Crippen LogP contribution in [-0.4, -0.2) is 53.3 Å². The van der Waals surface area contributed by atoms with Crippen LogP contribution in [0.15, 0.2) is 91.0 Å². The molecular weight excluding hydrogens is 524 g/mol. The number of para-hydroxylation sites is 1. The lowest BCUT2D eigenvalue weighted by molar-refractivity contribution is -0.135. The van der Waals surface area contributed by atoms with E-state index in [1.807, 2.05) is 84.9 Å². The summed E-state index contributed by atoms with van der Waals surface area (Å²) < 4.78 is 6.93.